The Morgan fingerprint density at radius 2 is 1.75 bits per heavy atom. The predicted octanol–water partition coefficient (Wildman–Crippen LogP) is 8.67. The van der Waals surface area contributed by atoms with Crippen molar-refractivity contribution in [3.63, 3.8) is 0 Å². The molecule has 0 bridgehead atoms. The third-order valence-electron chi connectivity index (χ3n) is 7.99. The highest BCUT2D eigenvalue weighted by atomic mass is 19.1. The molecule has 1 aliphatic carbocycles. The van der Waals surface area contributed by atoms with Crippen molar-refractivity contribution in [1.82, 2.24) is 0 Å². The largest absolute Gasteiger partial charge is 0.497 e. The first-order chi connectivity index (χ1) is 21.1. The first-order valence-electron chi connectivity index (χ1n) is 15.6. The third-order valence-corrected chi connectivity index (χ3v) is 7.99. The molecule has 1 saturated carbocycles. The Morgan fingerprint density at radius 3 is 2.43 bits per heavy atom. The molecule has 0 aliphatic heterocycles. The molecule has 2 atom stereocenters. The molecule has 7 heteroatoms. The second-order valence-corrected chi connectivity index (χ2v) is 12.6. The number of methoxy groups -OCH3 is 2. The highest BCUT2D eigenvalue weighted by Gasteiger charge is 2.31. The number of hydrogen-bond donors (Lipinski definition) is 0. The fourth-order valence-corrected chi connectivity index (χ4v) is 5.60. The molecular formula is C37H47FO6. The van der Waals surface area contributed by atoms with Gasteiger partial charge in [0.25, 0.3) is 0 Å². The van der Waals surface area contributed by atoms with Crippen molar-refractivity contribution in [2.24, 2.45) is 11.3 Å². The summed E-state index contributed by atoms with van der Waals surface area (Å²) in [6, 6.07) is 18.8. The zero-order valence-electron chi connectivity index (χ0n) is 27.0. The van der Waals surface area contributed by atoms with Crippen molar-refractivity contribution in [2.75, 3.05) is 34.0 Å². The van der Waals surface area contributed by atoms with Crippen molar-refractivity contribution in [2.45, 2.75) is 72.0 Å². The van der Waals surface area contributed by atoms with Gasteiger partial charge in [0, 0.05) is 12.7 Å². The molecule has 0 unspecified atom stereocenters. The minimum atomic E-state index is -0.340. The maximum Gasteiger partial charge on any atom is 0.306 e. The van der Waals surface area contributed by atoms with Gasteiger partial charge in [-0.1, -0.05) is 57.9 Å². The second kappa shape index (κ2) is 15.5. The van der Waals surface area contributed by atoms with E-state index in [1.54, 1.807) is 26.4 Å². The number of esters is 1. The van der Waals surface area contributed by atoms with Crippen LogP contribution in [0.4, 0.5) is 4.39 Å². The molecular weight excluding hydrogens is 559 g/mol. The van der Waals surface area contributed by atoms with E-state index in [-0.39, 0.29) is 29.2 Å². The lowest BCUT2D eigenvalue weighted by molar-refractivity contribution is -0.143. The summed E-state index contributed by atoms with van der Waals surface area (Å²) >= 11 is 0. The monoisotopic (exact) mass is 606 g/mol. The van der Waals surface area contributed by atoms with E-state index in [1.807, 2.05) is 37.3 Å². The van der Waals surface area contributed by atoms with E-state index in [4.69, 9.17) is 23.7 Å². The minimum absolute atomic E-state index is 0.102. The summed E-state index contributed by atoms with van der Waals surface area (Å²) < 4.78 is 43.9. The van der Waals surface area contributed by atoms with Gasteiger partial charge in [-0.15, -0.1) is 0 Å². The highest BCUT2D eigenvalue weighted by molar-refractivity contribution is 5.71. The van der Waals surface area contributed by atoms with Crippen LogP contribution in [0.3, 0.4) is 0 Å². The summed E-state index contributed by atoms with van der Waals surface area (Å²) in [5, 5.41) is 0. The van der Waals surface area contributed by atoms with Gasteiger partial charge in [0.2, 0.25) is 0 Å². The smallest absolute Gasteiger partial charge is 0.306 e. The molecule has 0 heterocycles. The molecule has 0 aromatic heterocycles. The Balaban J connectivity index is 1.63. The lowest BCUT2D eigenvalue weighted by Gasteiger charge is -2.33. The number of carbonyl (C=O) groups excluding carboxylic acids is 1. The van der Waals surface area contributed by atoms with E-state index in [1.165, 1.54) is 18.9 Å². The molecule has 238 valence electrons. The Kier molecular flexibility index (Phi) is 11.8. The highest BCUT2D eigenvalue weighted by Crippen LogP contribution is 2.43. The summed E-state index contributed by atoms with van der Waals surface area (Å²) in [5.74, 6) is 1.60. The predicted molar refractivity (Wildman–Crippen MR) is 171 cm³/mol. The van der Waals surface area contributed by atoms with Crippen molar-refractivity contribution in [3.8, 4) is 22.6 Å². The van der Waals surface area contributed by atoms with Crippen LogP contribution in [0.2, 0.25) is 0 Å². The molecule has 4 rings (SSSR count). The molecule has 0 radical (unpaired) electrons. The quantitative estimate of drug-likeness (QED) is 0.120. The van der Waals surface area contributed by atoms with Crippen LogP contribution in [-0.2, 0) is 25.6 Å². The van der Waals surface area contributed by atoms with Crippen LogP contribution in [0.15, 0.2) is 60.7 Å². The Bertz CT molecular complexity index is 1380. The number of benzene rings is 3. The van der Waals surface area contributed by atoms with Gasteiger partial charge in [0.15, 0.2) is 0 Å². The summed E-state index contributed by atoms with van der Waals surface area (Å²) in [6.07, 6.45) is 3.45. The molecule has 0 saturated heterocycles. The van der Waals surface area contributed by atoms with Crippen molar-refractivity contribution >= 4 is 5.97 Å². The fraction of sp³-hybridized carbons (Fsp3) is 0.486. The fourth-order valence-electron chi connectivity index (χ4n) is 5.60. The summed E-state index contributed by atoms with van der Waals surface area (Å²) in [7, 11) is 3.22. The molecule has 1 fully saturated rings. The van der Waals surface area contributed by atoms with E-state index in [0.29, 0.717) is 50.1 Å². The zero-order chi connectivity index (χ0) is 31.7. The van der Waals surface area contributed by atoms with Crippen molar-refractivity contribution in [1.29, 1.82) is 0 Å². The van der Waals surface area contributed by atoms with E-state index >= 15 is 4.39 Å². The van der Waals surface area contributed by atoms with Crippen LogP contribution in [0.1, 0.15) is 82.1 Å². The average Bonchev–Trinajstić information content (AvgIpc) is 3.82. The Labute approximate surface area is 261 Å². The second-order valence-electron chi connectivity index (χ2n) is 12.6. The van der Waals surface area contributed by atoms with E-state index < -0.39 is 0 Å². The number of hydrogen-bond acceptors (Lipinski definition) is 6. The number of rotatable bonds is 16. The molecule has 3 aromatic rings. The topological polar surface area (TPSA) is 63.2 Å². The standard InChI is InChI=1S/C37H47FO6/c1-7-42-35(39)22-28(19-25-11-12-25)27-9-8-10-30(21-27)44-24-26-13-15-31(32-23-29(41-6)14-16-34(32)38)33(20-26)36(37(2,3)4)43-18-17-40-5/h8-10,13-16,20-21,23,25,28,36H,7,11-12,17-19,22,24H2,1-6H3/t28-,36-/m1/s1. The van der Waals surface area contributed by atoms with Gasteiger partial charge in [-0.3, -0.25) is 4.79 Å². The van der Waals surface area contributed by atoms with E-state index in [2.05, 4.69) is 32.9 Å². The first kappa shape index (κ1) is 33.5. The molecule has 0 amide bonds. The number of ether oxygens (including phenoxy) is 5. The van der Waals surface area contributed by atoms with E-state index in [0.717, 1.165) is 34.4 Å². The maximum atomic E-state index is 15.2. The molecule has 6 nitrogen and oxygen atoms in total. The van der Waals surface area contributed by atoms with Crippen LogP contribution < -0.4 is 9.47 Å². The van der Waals surface area contributed by atoms with Gasteiger partial charge >= 0.3 is 5.97 Å². The normalized spacial score (nSPS) is 14.6. The van der Waals surface area contributed by atoms with Crippen LogP contribution in [0, 0.1) is 17.2 Å². The van der Waals surface area contributed by atoms with Gasteiger partial charge in [-0.2, -0.15) is 0 Å². The molecule has 0 N–H and O–H groups in total. The number of carbonyl (C=O) groups is 1. The maximum absolute atomic E-state index is 15.2. The van der Waals surface area contributed by atoms with Gasteiger partial charge in [0.05, 0.1) is 39.5 Å². The third kappa shape index (κ3) is 9.29. The minimum Gasteiger partial charge on any atom is -0.497 e. The lowest BCUT2D eigenvalue weighted by Crippen LogP contribution is -2.24. The molecule has 0 spiro atoms. The van der Waals surface area contributed by atoms with Crippen LogP contribution in [0.25, 0.3) is 11.1 Å². The number of halogens is 1. The molecule has 44 heavy (non-hydrogen) atoms. The van der Waals surface area contributed by atoms with Crippen molar-refractivity contribution < 1.29 is 32.9 Å². The Morgan fingerprint density at radius 1 is 0.955 bits per heavy atom. The first-order valence-corrected chi connectivity index (χ1v) is 15.6. The van der Waals surface area contributed by atoms with Gasteiger partial charge in [-0.25, -0.2) is 4.39 Å². The van der Waals surface area contributed by atoms with Crippen molar-refractivity contribution in [3.05, 3.63) is 83.2 Å². The van der Waals surface area contributed by atoms with Gasteiger partial charge < -0.3 is 23.7 Å². The van der Waals surface area contributed by atoms with Gasteiger partial charge in [-0.05, 0) is 89.2 Å². The zero-order valence-corrected chi connectivity index (χ0v) is 27.0. The van der Waals surface area contributed by atoms with Crippen LogP contribution in [-0.4, -0.2) is 40.0 Å². The molecule has 3 aromatic carbocycles. The lowest BCUT2D eigenvalue weighted by atomic mass is 9.81. The average molecular weight is 607 g/mol. The van der Waals surface area contributed by atoms with Crippen LogP contribution in [0.5, 0.6) is 11.5 Å². The Hall–Kier alpha value is -3.42. The van der Waals surface area contributed by atoms with Crippen LogP contribution >= 0.6 is 0 Å². The molecule has 1 aliphatic rings. The summed E-state index contributed by atoms with van der Waals surface area (Å²) in [5.41, 5.74) is 3.80. The van der Waals surface area contributed by atoms with E-state index in [9.17, 15) is 4.79 Å². The summed E-state index contributed by atoms with van der Waals surface area (Å²) in [6.45, 7) is 9.72. The SMILES string of the molecule is CCOC(=O)C[C@@H](CC1CC1)c1cccc(OCc2ccc(-c3cc(OC)ccc3F)c([C@@H](OCCOC)C(C)(C)C)c2)c1. The van der Waals surface area contributed by atoms with Gasteiger partial charge in [0.1, 0.15) is 23.9 Å². The summed E-state index contributed by atoms with van der Waals surface area (Å²) in [4.78, 5) is 12.4.